The Hall–Kier alpha value is -2.62. The van der Waals surface area contributed by atoms with Crippen LogP contribution in [0.15, 0.2) is 54.6 Å². The zero-order valence-electron chi connectivity index (χ0n) is 14.3. The Labute approximate surface area is 143 Å². The molecule has 0 heterocycles. The maximum absolute atomic E-state index is 11.9. The molecule has 0 saturated heterocycles. The number of amides is 2. The van der Waals surface area contributed by atoms with E-state index in [0.717, 1.165) is 23.2 Å². The van der Waals surface area contributed by atoms with E-state index in [1.54, 1.807) is 4.90 Å². The number of hydrogen-bond donors (Lipinski definition) is 1. The van der Waals surface area contributed by atoms with E-state index in [4.69, 9.17) is 0 Å². The number of aryl methyl sites for hydroxylation is 2. The number of rotatable bonds is 7. The summed E-state index contributed by atoms with van der Waals surface area (Å²) in [6.45, 7) is 4.46. The molecule has 126 valence electrons. The van der Waals surface area contributed by atoms with Crippen molar-refractivity contribution in [1.82, 2.24) is 5.32 Å². The van der Waals surface area contributed by atoms with Gasteiger partial charge in [-0.05, 0) is 31.0 Å². The maximum atomic E-state index is 11.9. The third-order valence-corrected chi connectivity index (χ3v) is 3.87. The highest BCUT2D eigenvalue weighted by atomic mass is 16.2. The summed E-state index contributed by atoms with van der Waals surface area (Å²) in [6, 6.07) is 17.7. The molecular weight excluding hydrogens is 300 g/mol. The number of carbonyl (C=O) groups is 2. The van der Waals surface area contributed by atoms with Crippen LogP contribution >= 0.6 is 0 Å². The van der Waals surface area contributed by atoms with Gasteiger partial charge in [-0.1, -0.05) is 48.0 Å². The zero-order valence-corrected chi connectivity index (χ0v) is 14.3. The second kappa shape index (κ2) is 8.87. The fourth-order valence-corrected chi connectivity index (χ4v) is 2.49. The van der Waals surface area contributed by atoms with Crippen LogP contribution in [0.25, 0.3) is 0 Å². The van der Waals surface area contributed by atoms with E-state index in [9.17, 15) is 9.59 Å². The van der Waals surface area contributed by atoms with Crippen LogP contribution in [0.3, 0.4) is 0 Å². The van der Waals surface area contributed by atoms with E-state index in [1.165, 1.54) is 6.92 Å². The fraction of sp³-hybridized carbons (Fsp3) is 0.300. The molecule has 0 spiro atoms. The van der Waals surface area contributed by atoms with Crippen LogP contribution in [0.2, 0.25) is 0 Å². The molecule has 2 aromatic rings. The Morgan fingerprint density at radius 1 is 1.00 bits per heavy atom. The predicted octanol–water partition coefficient (Wildman–Crippen LogP) is 3.10. The van der Waals surface area contributed by atoms with E-state index in [-0.39, 0.29) is 11.8 Å². The molecule has 0 aromatic heterocycles. The van der Waals surface area contributed by atoms with E-state index in [0.29, 0.717) is 19.5 Å². The number of nitrogens with one attached hydrogen (secondary N) is 1. The summed E-state index contributed by atoms with van der Waals surface area (Å²) < 4.78 is 0. The first kappa shape index (κ1) is 17.7. The van der Waals surface area contributed by atoms with E-state index in [2.05, 4.69) is 5.32 Å². The van der Waals surface area contributed by atoms with E-state index >= 15 is 0 Å². The second-order valence-corrected chi connectivity index (χ2v) is 5.84. The topological polar surface area (TPSA) is 49.4 Å². The number of hydrogen-bond acceptors (Lipinski definition) is 2. The summed E-state index contributed by atoms with van der Waals surface area (Å²) in [5, 5.41) is 2.89. The van der Waals surface area contributed by atoms with Gasteiger partial charge in [-0.3, -0.25) is 9.59 Å². The fourth-order valence-electron chi connectivity index (χ4n) is 2.49. The Bertz CT molecular complexity index is 666. The molecular formula is C20H24N2O2. The molecule has 0 bridgehead atoms. The van der Waals surface area contributed by atoms with Crippen molar-refractivity contribution in [2.24, 2.45) is 0 Å². The zero-order chi connectivity index (χ0) is 17.4. The lowest BCUT2D eigenvalue weighted by molar-refractivity contribution is -0.121. The maximum Gasteiger partial charge on any atom is 0.223 e. The third-order valence-electron chi connectivity index (χ3n) is 3.87. The van der Waals surface area contributed by atoms with Crippen LogP contribution in [0, 0.1) is 6.92 Å². The molecule has 2 aromatic carbocycles. The van der Waals surface area contributed by atoms with Crippen molar-refractivity contribution in [2.45, 2.75) is 26.7 Å². The van der Waals surface area contributed by atoms with E-state index in [1.807, 2.05) is 61.5 Å². The average Bonchev–Trinajstić information content (AvgIpc) is 2.58. The molecule has 2 rings (SSSR count). The monoisotopic (exact) mass is 324 g/mol. The standard InChI is InChI=1S/C20H24N2O2/c1-16-8-11-19(12-9-16)22(17(2)23)15-14-21-20(24)13-10-18-6-4-3-5-7-18/h3-9,11-12H,10,13-15H2,1-2H3,(H,21,24). The van der Waals surface area contributed by atoms with Gasteiger partial charge in [0.15, 0.2) is 0 Å². The van der Waals surface area contributed by atoms with Gasteiger partial charge < -0.3 is 10.2 Å². The summed E-state index contributed by atoms with van der Waals surface area (Å²) in [5.41, 5.74) is 3.15. The van der Waals surface area contributed by atoms with Crippen molar-refractivity contribution in [3.63, 3.8) is 0 Å². The van der Waals surface area contributed by atoms with E-state index < -0.39 is 0 Å². The van der Waals surface area contributed by atoms with Crippen LogP contribution < -0.4 is 10.2 Å². The molecule has 2 amide bonds. The van der Waals surface area contributed by atoms with Gasteiger partial charge in [0.1, 0.15) is 0 Å². The van der Waals surface area contributed by atoms with Crippen LogP contribution in [-0.4, -0.2) is 24.9 Å². The molecule has 1 N–H and O–H groups in total. The normalized spacial score (nSPS) is 10.2. The van der Waals surface area contributed by atoms with Crippen molar-refractivity contribution in [1.29, 1.82) is 0 Å². The Balaban J connectivity index is 1.79. The largest absolute Gasteiger partial charge is 0.354 e. The predicted molar refractivity (Wildman–Crippen MR) is 97.0 cm³/mol. The SMILES string of the molecule is CC(=O)N(CCNC(=O)CCc1ccccc1)c1ccc(C)cc1. The van der Waals surface area contributed by atoms with Gasteiger partial charge in [0.05, 0.1) is 0 Å². The number of nitrogens with zero attached hydrogens (tertiary/aromatic N) is 1. The number of carbonyl (C=O) groups excluding carboxylic acids is 2. The molecule has 4 heteroatoms. The first-order valence-electron chi connectivity index (χ1n) is 8.21. The summed E-state index contributed by atoms with van der Waals surface area (Å²) in [7, 11) is 0. The molecule has 24 heavy (non-hydrogen) atoms. The van der Waals surface area contributed by atoms with Crippen molar-refractivity contribution < 1.29 is 9.59 Å². The average molecular weight is 324 g/mol. The molecule has 0 saturated carbocycles. The Kier molecular flexibility index (Phi) is 6.55. The first-order chi connectivity index (χ1) is 11.6. The minimum atomic E-state index is -0.0302. The molecule has 0 radical (unpaired) electrons. The second-order valence-electron chi connectivity index (χ2n) is 5.84. The van der Waals surface area contributed by atoms with Crippen molar-refractivity contribution in [3.8, 4) is 0 Å². The summed E-state index contributed by atoms with van der Waals surface area (Å²) >= 11 is 0. The van der Waals surface area contributed by atoms with Crippen LogP contribution in [0.5, 0.6) is 0 Å². The van der Waals surface area contributed by atoms with Gasteiger partial charge in [0.2, 0.25) is 11.8 Å². The molecule has 4 nitrogen and oxygen atoms in total. The smallest absolute Gasteiger partial charge is 0.223 e. The van der Waals surface area contributed by atoms with Crippen LogP contribution in [-0.2, 0) is 16.0 Å². The lowest BCUT2D eigenvalue weighted by Crippen LogP contribution is -2.37. The number of benzene rings is 2. The van der Waals surface area contributed by atoms with Crippen molar-refractivity contribution >= 4 is 17.5 Å². The van der Waals surface area contributed by atoms with Crippen LogP contribution in [0.4, 0.5) is 5.69 Å². The highest BCUT2D eigenvalue weighted by Gasteiger charge is 2.11. The lowest BCUT2D eigenvalue weighted by Gasteiger charge is -2.21. The molecule has 0 atom stereocenters. The van der Waals surface area contributed by atoms with Gasteiger partial charge in [-0.25, -0.2) is 0 Å². The first-order valence-corrected chi connectivity index (χ1v) is 8.21. The summed E-state index contributed by atoms with van der Waals surface area (Å²) in [5.74, 6) is -0.0244. The minimum Gasteiger partial charge on any atom is -0.354 e. The van der Waals surface area contributed by atoms with Crippen molar-refractivity contribution in [2.75, 3.05) is 18.0 Å². The van der Waals surface area contributed by atoms with Gasteiger partial charge in [0, 0.05) is 32.1 Å². The highest BCUT2D eigenvalue weighted by molar-refractivity contribution is 5.91. The summed E-state index contributed by atoms with van der Waals surface area (Å²) in [4.78, 5) is 25.4. The van der Waals surface area contributed by atoms with Gasteiger partial charge in [0.25, 0.3) is 0 Å². The highest BCUT2D eigenvalue weighted by Crippen LogP contribution is 2.14. The van der Waals surface area contributed by atoms with Gasteiger partial charge in [-0.15, -0.1) is 0 Å². The van der Waals surface area contributed by atoms with Crippen LogP contribution in [0.1, 0.15) is 24.5 Å². The Morgan fingerprint density at radius 2 is 1.67 bits per heavy atom. The molecule has 0 aliphatic rings. The minimum absolute atomic E-state index is 0.00580. The van der Waals surface area contributed by atoms with Gasteiger partial charge in [-0.2, -0.15) is 0 Å². The third kappa shape index (κ3) is 5.54. The molecule has 0 aliphatic carbocycles. The quantitative estimate of drug-likeness (QED) is 0.851. The lowest BCUT2D eigenvalue weighted by atomic mass is 10.1. The molecule has 0 fully saturated rings. The van der Waals surface area contributed by atoms with Crippen molar-refractivity contribution in [3.05, 3.63) is 65.7 Å². The molecule has 0 unspecified atom stereocenters. The van der Waals surface area contributed by atoms with Gasteiger partial charge >= 0.3 is 0 Å². The Morgan fingerprint density at radius 3 is 2.29 bits per heavy atom. The molecule has 0 aliphatic heterocycles. The summed E-state index contributed by atoms with van der Waals surface area (Å²) in [6.07, 6.45) is 1.18. The number of anilines is 1.